The van der Waals surface area contributed by atoms with Crippen LogP contribution >= 0.6 is 0 Å². The van der Waals surface area contributed by atoms with E-state index in [1.807, 2.05) is 13.8 Å². The van der Waals surface area contributed by atoms with Gasteiger partial charge in [-0.15, -0.1) is 0 Å². The van der Waals surface area contributed by atoms with Crippen molar-refractivity contribution in [2.45, 2.75) is 39.1 Å². The summed E-state index contributed by atoms with van der Waals surface area (Å²) in [4.78, 5) is 44.4. The molecule has 2 atom stereocenters. The van der Waals surface area contributed by atoms with E-state index in [1.54, 1.807) is 0 Å². The molecule has 3 heterocycles. The van der Waals surface area contributed by atoms with Crippen LogP contribution in [0.5, 0.6) is 0 Å². The molecule has 0 spiro atoms. The van der Waals surface area contributed by atoms with Crippen LogP contribution in [0.2, 0.25) is 0 Å². The lowest BCUT2D eigenvalue weighted by molar-refractivity contribution is -0.118. The summed E-state index contributed by atoms with van der Waals surface area (Å²) in [6, 6.07) is 0. The quantitative estimate of drug-likeness (QED) is 0.692. The number of rotatable bonds is 4. The van der Waals surface area contributed by atoms with Crippen LogP contribution in [0.15, 0.2) is 9.59 Å². The first kappa shape index (κ1) is 17.4. The first-order valence-corrected chi connectivity index (χ1v) is 8.10. The minimum atomic E-state index is -0.586. The van der Waals surface area contributed by atoms with Crippen LogP contribution in [0.25, 0.3) is 11.2 Å². The molecule has 0 bridgehead atoms. The van der Waals surface area contributed by atoms with Crippen LogP contribution in [0.3, 0.4) is 0 Å². The number of carbonyl (C=O) groups is 1. The van der Waals surface area contributed by atoms with Gasteiger partial charge in [0.15, 0.2) is 11.2 Å². The number of ether oxygens (including phenoxy) is 1. The molecular weight excluding hydrogens is 328 g/mol. The summed E-state index contributed by atoms with van der Waals surface area (Å²) in [6.45, 7) is 5.64. The average Bonchev–Trinajstić information content (AvgIpc) is 2.82. The van der Waals surface area contributed by atoms with Gasteiger partial charge >= 0.3 is 5.69 Å². The molecule has 3 rings (SSSR count). The Labute approximate surface area is 143 Å². The number of aryl methyl sites for hydroxylation is 1. The van der Waals surface area contributed by atoms with Gasteiger partial charge in [0, 0.05) is 20.1 Å². The summed E-state index contributed by atoms with van der Waals surface area (Å²) in [6.07, 6.45) is 0.149. The monoisotopic (exact) mass is 350 g/mol. The summed E-state index contributed by atoms with van der Waals surface area (Å²) in [5.74, 6) is -0.0701. The number of aromatic amines is 1. The number of nitrogens with zero attached hydrogens (tertiary/aromatic N) is 4. The average molecular weight is 350 g/mol. The highest BCUT2D eigenvalue weighted by atomic mass is 16.5. The number of nitrogens with one attached hydrogen (secondary N) is 1. The molecule has 1 aliphatic heterocycles. The molecule has 1 fully saturated rings. The first-order chi connectivity index (χ1) is 11.8. The van der Waals surface area contributed by atoms with Crippen molar-refractivity contribution < 1.29 is 9.53 Å². The van der Waals surface area contributed by atoms with E-state index in [4.69, 9.17) is 10.5 Å². The van der Waals surface area contributed by atoms with Crippen molar-refractivity contribution in [2.24, 2.45) is 12.8 Å². The summed E-state index contributed by atoms with van der Waals surface area (Å²) < 4.78 is 8.46. The van der Waals surface area contributed by atoms with E-state index in [0.717, 1.165) is 0 Å². The van der Waals surface area contributed by atoms with E-state index in [1.165, 1.54) is 16.2 Å². The lowest BCUT2D eigenvalue weighted by Gasteiger charge is -2.35. The zero-order chi connectivity index (χ0) is 18.3. The number of nitrogens with two attached hydrogens (primary N) is 1. The Morgan fingerprint density at radius 2 is 1.96 bits per heavy atom. The molecule has 0 aromatic carbocycles. The molecule has 3 N–H and O–H groups in total. The third-order valence-electron chi connectivity index (χ3n) is 4.26. The third kappa shape index (κ3) is 3.35. The standard InChI is InChI=1S/C15H22N6O4/c1-8-4-20(5-9(2)25-8)7-11-17-13-12(21(11)6-10(16)22)14(23)18-15(24)19(13)3/h8-9H,4-7H2,1-3H3,(H2,16,22)(H,18,23,24)/t8-,9-/m0/s1. The highest BCUT2D eigenvalue weighted by Gasteiger charge is 2.25. The van der Waals surface area contributed by atoms with Crippen molar-refractivity contribution in [3.8, 4) is 0 Å². The zero-order valence-electron chi connectivity index (χ0n) is 14.5. The number of aromatic nitrogens is 4. The smallest absolute Gasteiger partial charge is 0.329 e. The van der Waals surface area contributed by atoms with Gasteiger partial charge in [0.2, 0.25) is 5.91 Å². The second-order valence-corrected chi connectivity index (χ2v) is 6.52. The largest absolute Gasteiger partial charge is 0.373 e. The van der Waals surface area contributed by atoms with Gasteiger partial charge in [-0.25, -0.2) is 9.78 Å². The summed E-state index contributed by atoms with van der Waals surface area (Å²) in [7, 11) is 1.52. The summed E-state index contributed by atoms with van der Waals surface area (Å²) in [5.41, 5.74) is 4.61. The Morgan fingerprint density at radius 1 is 1.32 bits per heavy atom. The number of hydrogen-bond acceptors (Lipinski definition) is 6. The van der Waals surface area contributed by atoms with Gasteiger partial charge in [-0.2, -0.15) is 0 Å². The van der Waals surface area contributed by atoms with E-state index < -0.39 is 17.2 Å². The highest BCUT2D eigenvalue weighted by Crippen LogP contribution is 2.16. The lowest BCUT2D eigenvalue weighted by Crippen LogP contribution is -2.45. The van der Waals surface area contributed by atoms with Crippen molar-refractivity contribution in [3.63, 3.8) is 0 Å². The molecule has 136 valence electrons. The topological polar surface area (TPSA) is 128 Å². The molecule has 0 aliphatic carbocycles. The molecule has 10 nitrogen and oxygen atoms in total. The van der Waals surface area contributed by atoms with Gasteiger partial charge in [0.25, 0.3) is 5.56 Å². The van der Waals surface area contributed by atoms with E-state index in [-0.39, 0.29) is 29.9 Å². The van der Waals surface area contributed by atoms with E-state index in [9.17, 15) is 14.4 Å². The molecule has 0 radical (unpaired) electrons. The minimum Gasteiger partial charge on any atom is -0.373 e. The fourth-order valence-corrected chi connectivity index (χ4v) is 3.34. The number of imidazole rings is 1. The fourth-order valence-electron chi connectivity index (χ4n) is 3.34. The molecule has 2 aromatic heterocycles. The second kappa shape index (κ2) is 6.45. The Kier molecular flexibility index (Phi) is 4.48. The first-order valence-electron chi connectivity index (χ1n) is 8.10. The molecule has 1 amide bonds. The normalized spacial score (nSPS) is 21.7. The third-order valence-corrected chi connectivity index (χ3v) is 4.26. The van der Waals surface area contributed by atoms with Crippen molar-refractivity contribution in [1.29, 1.82) is 0 Å². The van der Waals surface area contributed by atoms with Gasteiger partial charge in [-0.05, 0) is 13.8 Å². The van der Waals surface area contributed by atoms with Crippen LogP contribution < -0.4 is 17.0 Å². The van der Waals surface area contributed by atoms with Crippen LogP contribution in [0, 0.1) is 0 Å². The van der Waals surface area contributed by atoms with Gasteiger partial charge in [0.1, 0.15) is 12.4 Å². The minimum absolute atomic E-state index is 0.0745. The Bertz CT molecular complexity index is 916. The number of fused-ring (bicyclic) bond motifs is 1. The van der Waals surface area contributed by atoms with Crippen LogP contribution in [0.4, 0.5) is 0 Å². The van der Waals surface area contributed by atoms with Crippen molar-refractivity contribution in [3.05, 3.63) is 26.7 Å². The van der Waals surface area contributed by atoms with Crippen molar-refractivity contribution in [2.75, 3.05) is 13.1 Å². The second-order valence-electron chi connectivity index (χ2n) is 6.52. The van der Waals surface area contributed by atoms with E-state index >= 15 is 0 Å². The predicted octanol–water partition coefficient (Wildman–Crippen LogP) is -1.48. The number of morpholine rings is 1. The highest BCUT2D eigenvalue weighted by molar-refractivity contribution is 5.78. The summed E-state index contributed by atoms with van der Waals surface area (Å²) in [5, 5.41) is 0. The molecule has 2 aromatic rings. The Morgan fingerprint density at radius 3 is 2.56 bits per heavy atom. The lowest BCUT2D eigenvalue weighted by atomic mass is 10.2. The fraction of sp³-hybridized carbons (Fsp3) is 0.600. The van der Waals surface area contributed by atoms with Gasteiger partial charge < -0.3 is 15.0 Å². The van der Waals surface area contributed by atoms with Crippen LogP contribution in [-0.2, 0) is 29.7 Å². The van der Waals surface area contributed by atoms with E-state index in [2.05, 4.69) is 14.9 Å². The number of carbonyl (C=O) groups excluding carboxylic acids is 1. The maximum absolute atomic E-state index is 12.2. The molecule has 10 heteroatoms. The molecular formula is C15H22N6O4. The maximum Gasteiger partial charge on any atom is 0.329 e. The van der Waals surface area contributed by atoms with Crippen LogP contribution in [-0.4, -0.2) is 55.2 Å². The van der Waals surface area contributed by atoms with Crippen LogP contribution in [0.1, 0.15) is 19.7 Å². The molecule has 0 saturated carbocycles. The van der Waals surface area contributed by atoms with Crippen molar-refractivity contribution in [1.82, 2.24) is 24.0 Å². The number of H-pyrrole nitrogens is 1. The SMILES string of the molecule is C[C@H]1CN(Cc2nc3c(c(=O)[nH]c(=O)n3C)n2CC(N)=O)C[C@H](C)O1. The number of primary amides is 1. The van der Waals surface area contributed by atoms with Gasteiger partial charge in [-0.1, -0.05) is 0 Å². The number of amides is 1. The Hall–Kier alpha value is -2.46. The van der Waals surface area contributed by atoms with E-state index in [0.29, 0.717) is 25.5 Å². The Balaban J connectivity index is 2.09. The molecule has 25 heavy (non-hydrogen) atoms. The van der Waals surface area contributed by atoms with Gasteiger partial charge in [-0.3, -0.25) is 24.0 Å². The summed E-state index contributed by atoms with van der Waals surface area (Å²) >= 11 is 0. The molecule has 0 unspecified atom stereocenters. The predicted molar refractivity (Wildman–Crippen MR) is 90.1 cm³/mol. The van der Waals surface area contributed by atoms with Crippen molar-refractivity contribution >= 4 is 17.1 Å². The van der Waals surface area contributed by atoms with Gasteiger partial charge in [0.05, 0.1) is 18.8 Å². The molecule has 1 aliphatic rings. The number of hydrogen-bond donors (Lipinski definition) is 2. The maximum atomic E-state index is 12.2. The molecule has 1 saturated heterocycles. The zero-order valence-corrected chi connectivity index (χ0v) is 14.5.